The maximum atomic E-state index is 11.8. The predicted octanol–water partition coefficient (Wildman–Crippen LogP) is 0.366. The van der Waals surface area contributed by atoms with Crippen LogP contribution < -0.4 is 10.6 Å². The average Bonchev–Trinajstić information content (AvgIpc) is 2.87. The zero-order chi connectivity index (χ0) is 9.92. The fourth-order valence-corrected chi connectivity index (χ4v) is 2.81. The Bertz CT molecular complexity index is 277. The number of nitrogens with one attached hydrogen (secondary N) is 2. The van der Waals surface area contributed by atoms with E-state index in [1.54, 1.807) is 0 Å². The van der Waals surface area contributed by atoms with Crippen molar-refractivity contribution in [2.75, 3.05) is 13.1 Å². The fourth-order valence-electron chi connectivity index (χ4n) is 2.81. The summed E-state index contributed by atoms with van der Waals surface area (Å²) in [6, 6.07) is 0.500. The topological polar surface area (TPSA) is 41.1 Å². The molecule has 14 heavy (non-hydrogen) atoms. The minimum absolute atomic E-state index is 0.270. The second kappa shape index (κ2) is 2.51. The molecule has 0 spiro atoms. The molecule has 2 aliphatic carbocycles. The van der Waals surface area contributed by atoms with Gasteiger partial charge in [0.2, 0.25) is 5.91 Å². The van der Waals surface area contributed by atoms with Crippen LogP contribution in [0.15, 0.2) is 0 Å². The van der Waals surface area contributed by atoms with Gasteiger partial charge in [-0.05, 0) is 23.7 Å². The average molecular weight is 194 g/mol. The van der Waals surface area contributed by atoms with E-state index in [0.29, 0.717) is 11.9 Å². The Morgan fingerprint density at radius 1 is 1.36 bits per heavy atom. The highest BCUT2D eigenvalue weighted by Gasteiger charge is 2.57. The van der Waals surface area contributed by atoms with Gasteiger partial charge >= 0.3 is 0 Å². The van der Waals surface area contributed by atoms with Gasteiger partial charge < -0.3 is 10.6 Å². The standard InChI is InChI=1S/C11H18N2O/c1-11(2)3-8(11)10(14)13-9-6-4-12-5-7(6)9/h6-9,12H,3-5H2,1-2H3,(H,13,14)/t6-,7+,8?,9?. The third-order valence-electron chi connectivity index (χ3n) is 4.23. The maximum Gasteiger partial charge on any atom is 0.223 e. The van der Waals surface area contributed by atoms with Crippen LogP contribution in [0, 0.1) is 23.2 Å². The largest absolute Gasteiger partial charge is 0.352 e. The molecule has 0 aromatic heterocycles. The van der Waals surface area contributed by atoms with Crippen LogP contribution in [-0.2, 0) is 4.79 Å². The lowest BCUT2D eigenvalue weighted by atomic mass is 10.1. The molecule has 2 saturated carbocycles. The third-order valence-corrected chi connectivity index (χ3v) is 4.23. The lowest BCUT2D eigenvalue weighted by Gasteiger charge is -2.08. The Hall–Kier alpha value is -0.570. The highest BCUT2D eigenvalue weighted by molar-refractivity contribution is 5.83. The van der Waals surface area contributed by atoms with Crippen molar-refractivity contribution >= 4 is 5.91 Å². The molecule has 3 nitrogen and oxygen atoms in total. The Labute approximate surface area is 84.6 Å². The molecule has 4 atom stereocenters. The van der Waals surface area contributed by atoms with E-state index in [4.69, 9.17) is 0 Å². The van der Waals surface area contributed by atoms with Gasteiger partial charge in [0.1, 0.15) is 0 Å². The summed E-state index contributed by atoms with van der Waals surface area (Å²) in [5.74, 6) is 2.06. The first-order valence-electron chi connectivity index (χ1n) is 5.61. The second-order valence-corrected chi connectivity index (χ2v) is 5.77. The zero-order valence-corrected chi connectivity index (χ0v) is 8.84. The molecule has 2 N–H and O–H groups in total. The van der Waals surface area contributed by atoms with Gasteiger partial charge in [0.15, 0.2) is 0 Å². The first-order chi connectivity index (χ1) is 6.59. The number of hydrogen-bond donors (Lipinski definition) is 2. The summed E-state index contributed by atoms with van der Waals surface area (Å²) in [4.78, 5) is 11.8. The highest BCUT2D eigenvalue weighted by Crippen LogP contribution is 2.52. The summed E-state index contributed by atoms with van der Waals surface area (Å²) in [5.41, 5.74) is 0.270. The van der Waals surface area contributed by atoms with Crippen LogP contribution >= 0.6 is 0 Å². The van der Waals surface area contributed by atoms with Crippen LogP contribution in [0.4, 0.5) is 0 Å². The van der Waals surface area contributed by atoms with Gasteiger partial charge in [-0.1, -0.05) is 13.8 Å². The lowest BCUT2D eigenvalue weighted by molar-refractivity contribution is -0.123. The van der Waals surface area contributed by atoms with Gasteiger partial charge in [-0.25, -0.2) is 0 Å². The summed E-state index contributed by atoms with van der Waals surface area (Å²) in [6.45, 7) is 6.55. The second-order valence-electron chi connectivity index (χ2n) is 5.77. The van der Waals surface area contributed by atoms with Crippen LogP contribution in [0.3, 0.4) is 0 Å². The Balaban J connectivity index is 1.52. The van der Waals surface area contributed by atoms with E-state index in [9.17, 15) is 4.79 Å². The molecule has 3 fully saturated rings. The van der Waals surface area contributed by atoms with Gasteiger partial charge in [0.25, 0.3) is 0 Å². The first kappa shape index (κ1) is 8.72. The van der Waals surface area contributed by atoms with Crippen LogP contribution in [0.1, 0.15) is 20.3 Å². The summed E-state index contributed by atoms with van der Waals surface area (Å²) in [7, 11) is 0. The SMILES string of the molecule is CC1(C)CC1C(=O)NC1[C@H]2CNC[C@@H]12. The Morgan fingerprint density at radius 2 is 1.93 bits per heavy atom. The molecule has 0 radical (unpaired) electrons. The summed E-state index contributed by atoms with van der Waals surface area (Å²) in [6.07, 6.45) is 1.07. The van der Waals surface area contributed by atoms with E-state index < -0.39 is 0 Å². The summed E-state index contributed by atoms with van der Waals surface area (Å²) >= 11 is 0. The molecule has 3 heteroatoms. The van der Waals surface area contributed by atoms with E-state index in [2.05, 4.69) is 24.5 Å². The van der Waals surface area contributed by atoms with E-state index >= 15 is 0 Å². The molecule has 2 unspecified atom stereocenters. The van der Waals surface area contributed by atoms with Crippen molar-refractivity contribution < 1.29 is 4.79 Å². The molecule has 0 aromatic rings. The van der Waals surface area contributed by atoms with Gasteiger partial charge in [-0.3, -0.25) is 4.79 Å². The van der Waals surface area contributed by atoms with Gasteiger partial charge in [-0.15, -0.1) is 0 Å². The molecule has 0 bridgehead atoms. The Morgan fingerprint density at radius 3 is 2.43 bits per heavy atom. The van der Waals surface area contributed by atoms with Gasteiger partial charge in [0, 0.05) is 25.0 Å². The van der Waals surface area contributed by atoms with Crippen molar-refractivity contribution in [2.24, 2.45) is 23.2 Å². The van der Waals surface area contributed by atoms with E-state index in [0.717, 1.165) is 31.3 Å². The number of amides is 1. The van der Waals surface area contributed by atoms with Crippen LogP contribution in [0.25, 0.3) is 0 Å². The van der Waals surface area contributed by atoms with Crippen molar-refractivity contribution in [3.63, 3.8) is 0 Å². The van der Waals surface area contributed by atoms with Gasteiger partial charge in [0.05, 0.1) is 0 Å². The van der Waals surface area contributed by atoms with E-state index in [1.165, 1.54) is 0 Å². The van der Waals surface area contributed by atoms with E-state index in [1.807, 2.05) is 0 Å². The zero-order valence-electron chi connectivity index (χ0n) is 8.84. The number of carbonyl (C=O) groups is 1. The third kappa shape index (κ3) is 1.18. The Kier molecular flexibility index (Phi) is 1.56. The van der Waals surface area contributed by atoms with E-state index in [-0.39, 0.29) is 11.3 Å². The minimum Gasteiger partial charge on any atom is -0.352 e. The molecule has 78 valence electrons. The monoisotopic (exact) mass is 194 g/mol. The molecule has 1 saturated heterocycles. The molecular formula is C11H18N2O. The smallest absolute Gasteiger partial charge is 0.223 e. The van der Waals surface area contributed by atoms with Crippen molar-refractivity contribution in [2.45, 2.75) is 26.3 Å². The number of piperidine rings is 1. The number of fused-ring (bicyclic) bond motifs is 1. The molecule has 1 aliphatic heterocycles. The van der Waals surface area contributed by atoms with Crippen molar-refractivity contribution in [3.05, 3.63) is 0 Å². The normalized spacial score (nSPS) is 47.0. The van der Waals surface area contributed by atoms with Crippen LogP contribution in [0.5, 0.6) is 0 Å². The fraction of sp³-hybridized carbons (Fsp3) is 0.909. The van der Waals surface area contributed by atoms with Crippen molar-refractivity contribution in [1.82, 2.24) is 10.6 Å². The van der Waals surface area contributed by atoms with Crippen molar-refractivity contribution in [1.29, 1.82) is 0 Å². The van der Waals surface area contributed by atoms with Gasteiger partial charge in [-0.2, -0.15) is 0 Å². The lowest BCUT2D eigenvalue weighted by Crippen LogP contribution is -2.34. The van der Waals surface area contributed by atoms with Crippen LogP contribution in [0.2, 0.25) is 0 Å². The molecule has 1 amide bonds. The number of hydrogen-bond acceptors (Lipinski definition) is 2. The molecule has 0 aromatic carbocycles. The van der Waals surface area contributed by atoms with Crippen LogP contribution in [-0.4, -0.2) is 25.0 Å². The summed E-state index contributed by atoms with van der Waals surface area (Å²) in [5, 5.41) is 6.53. The number of carbonyl (C=O) groups excluding carboxylic acids is 1. The molecular weight excluding hydrogens is 176 g/mol. The molecule has 1 heterocycles. The number of rotatable bonds is 2. The highest BCUT2D eigenvalue weighted by atomic mass is 16.2. The summed E-state index contributed by atoms with van der Waals surface area (Å²) < 4.78 is 0. The quantitative estimate of drug-likeness (QED) is 0.666. The predicted molar refractivity (Wildman–Crippen MR) is 53.7 cm³/mol. The first-order valence-corrected chi connectivity index (χ1v) is 5.61. The minimum atomic E-state index is 0.270. The molecule has 3 aliphatic rings. The molecule has 3 rings (SSSR count). The van der Waals surface area contributed by atoms with Crippen molar-refractivity contribution in [3.8, 4) is 0 Å². The maximum absolute atomic E-state index is 11.8.